The van der Waals surface area contributed by atoms with Crippen LogP contribution in [0.15, 0.2) is 40.1 Å². The highest BCUT2D eigenvalue weighted by molar-refractivity contribution is 9.10. The fourth-order valence-electron chi connectivity index (χ4n) is 1.14. The van der Waals surface area contributed by atoms with Gasteiger partial charge < -0.3 is 0 Å². The lowest BCUT2D eigenvalue weighted by molar-refractivity contribution is 1.35. The number of nitroso groups, excluding NO2 is 1. The van der Waals surface area contributed by atoms with Crippen LogP contribution in [0.1, 0.15) is 0 Å². The number of hydrogen-bond donors (Lipinski definition) is 0. The summed E-state index contributed by atoms with van der Waals surface area (Å²) in [6, 6.07) is 8.95. The monoisotopic (exact) mass is 236 g/mol. The van der Waals surface area contributed by atoms with Crippen molar-refractivity contribution < 1.29 is 0 Å². The predicted octanol–water partition coefficient (Wildman–Crippen LogP) is 3.40. The molecule has 0 saturated heterocycles. The van der Waals surface area contributed by atoms with E-state index in [4.69, 9.17) is 0 Å². The molecule has 0 unspecified atom stereocenters. The highest BCUT2D eigenvalue weighted by atomic mass is 79.9. The van der Waals surface area contributed by atoms with Gasteiger partial charge in [0.15, 0.2) is 0 Å². The lowest BCUT2D eigenvalue weighted by atomic mass is 10.2. The molecule has 4 heteroatoms. The molecule has 3 nitrogen and oxygen atoms in total. The summed E-state index contributed by atoms with van der Waals surface area (Å²) in [6.45, 7) is 0. The summed E-state index contributed by atoms with van der Waals surface area (Å²) in [4.78, 5) is 14.4. The Bertz CT molecular complexity index is 470. The molecule has 0 radical (unpaired) electrons. The smallest absolute Gasteiger partial charge is 0.110 e. The van der Waals surface area contributed by atoms with E-state index >= 15 is 0 Å². The zero-order valence-electron chi connectivity index (χ0n) is 6.57. The predicted molar refractivity (Wildman–Crippen MR) is 54.9 cm³/mol. The van der Waals surface area contributed by atoms with Crippen molar-refractivity contribution in [2.24, 2.45) is 5.18 Å². The van der Waals surface area contributed by atoms with Gasteiger partial charge in [0, 0.05) is 5.39 Å². The van der Waals surface area contributed by atoms with E-state index in [2.05, 4.69) is 26.1 Å². The number of aromatic nitrogens is 1. The SMILES string of the molecule is O=Nc1ccc2ccc(Br)nc2c1. The first-order valence-electron chi connectivity index (χ1n) is 3.69. The molecule has 0 fully saturated rings. The molecule has 1 aromatic carbocycles. The molecule has 2 rings (SSSR count). The van der Waals surface area contributed by atoms with E-state index in [-0.39, 0.29) is 0 Å². The maximum atomic E-state index is 10.2. The van der Waals surface area contributed by atoms with Gasteiger partial charge in [0.2, 0.25) is 0 Å². The molecule has 0 aliphatic rings. The zero-order chi connectivity index (χ0) is 9.26. The highest BCUT2D eigenvalue weighted by Crippen LogP contribution is 2.21. The van der Waals surface area contributed by atoms with Crippen molar-refractivity contribution in [3.05, 3.63) is 39.8 Å². The van der Waals surface area contributed by atoms with Crippen molar-refractivity contribution >= 4 is 32.5 Å². The number of pyridine rings is 1. The van der Waals surface area contributed by atoms with Gasteiger partial charge in [-0.25, -0.2) is 4.98 Å². The van der Waals surface area contributed by atoms with Gasteiger partial charge in [-0.2, -0.15) is 0 Å². The van der Waals surface area contributed by atoms with Crippen LogP contribution in [0.3, 0.4) is 0 Å². The van der Waals surface area contributed by atoms with Crippen LogP contribution in [0.5, 0.6) is 0 Å². The average Bonchev–Trinajstić information content (AvgIpc) is 2.16. The third-order valence-electron chi connectivity index (χ3n) is 1.75. The first-order valence-corrected chi connectivity index (χ1v) is 4.48. The summed E-state index contributed by atoms with van der Waals surface area (Å²) in [5.74, 6) is 0. The van der Waals surface area contributed by atoms with E-state index in [1.54, 1.807) is 12.1 Å². The third-order valence-corrected chi connectivity index (χ3v) is 2.19. The second-order valence-corrected chi connectivity index (χ2v) is 3.41. The number of fused-ring (bicyclic) bond motifs is 1. The number of nitrogens with zero attached hydrogens (tertiary/aromatic N) is 2. The van der Waals surface area contributed by atoms with Crippen molar-refractivity contribution in [1.29, 1.82) is 0 Å². The van der Waals surface area contributed by atoms with Crippen LogP contribution in [-0.2, 0) is 0 Å². The molecule has 1 aromatic heterocycles. The summed E-state index contributed by atoms with van der Waals surface area (Å²) in [5, 5.41) is 3.84. The van der Waals surface area contributed by atoms with Gasteiger partial charge in [0.1, 0.15) is 10.3 Å². The summed E-state index contributed by atoms with van der Waals surface area (Å²) < 4.78 is 0.753. The van der Waals surface area contributed by atoms with Crippen molar-refractivity contribution in [3.8, 4) is 0 Å². The number of hydrogen-bond acceptors (Lipinski definition) is 3. The lowest BCUT2D eigenvalue weighted by Gasteiger charge is -1.97. The van der Waals surface area contributed by atoms with Crippen LogP contribution in [0.4, 0.5) is 5.69 Å². The molecule has 2 aromatic rings. The quantitative estimate of drug-likeness (QED) is 0.563. The largest absolute Gasteiger partial charge is 0.241 e. The fourth-order valence-corrected chi connectivity index (χ4v) is 1.46. The molecule has 1 heterocycles. The second kappa shape index (κ2) is 3.22. The molecule has 0 amide bonds. The normalized spacial score (nSPS) is 10.2. The highest BCUT2D eigenvalue weighted by Gasteiger charge is 1.97. The molecule has 0 aliphatic heterocycles. The lowest BCUT2D eigenvalue weighted by Crippen LogP contribution is -1.78. The fraction of sp³-hybridized carbons (Fsp3) is 0. The van der Waals surface area contributed by atoms with E-state index in [0.717, 1.165) is 15.5 Å². The molecule has 0 bridgehead atoms. The molecule has 0 saturated carbocycles. The molecule has 0 aliphatic carbocycles. The van der Waals surface area contributed by atoms with Crippen molar-refractivity contribution in [2.75, 3.05) is 0 Å². The second-order valence-electron chi connectivity index (χ2n) is 2.60. The van der Waals surface area contributed by atoms with E-state index < -0.39 is 0 Å². The van der Waals surface area contributed by atoms with Gasteiger partial charge in [-0.05, 0) is 39.3 Å². The third kappa shape index (κ3) is 1.58. The zero-order valence-corrected chi connectivity index (χ0v) is 8.15. The van der Waals surface area contributed by atoms with Crippen molar-refractivity contribution in [1.82, 2.24) is 4.98 Å². The summed E-state index contributed by atoms with van der Waals surface area (Å²) in [6.07, 6.45) is 0. The van der Waals surface area contributed by atoms with Crippen LogP contribution < -0.4 is 0 Å². The van der Waals surface area contributed by atoms with Crippen LogP contribution in [0.25, 0.3) is 10.9 Å². The van der Waals surface area contributed by atoms with E-state index in [1.807, 2.05) is 18.2 Å². The number of halogens is 1. The van der Waals surface area contributed by atoms with Crippen LogP contribution in [0.2, 0.25) is 0 Å². The minimum atomic E-state index is 0.401. The van der Waals surface area contributed by atoms with Gasteiger partial charge in [0.25, 0.3) is 0 Å². The molecule has 0 atom stereocenters. The Morgan fingerprint density at radius 2 is 2.00 bits per heavy atom. The molecule has 64 valence electrons. The number of benzene rings is 1. The van der Waals surface area contributed by atoms with Gasteiger partial charge >= 0.3 is 0 Å². The molecular formula is C9H5BrN2O. The Morgan fingerprint density at radius 1 is 1.23 bits per heavy atom. The van der Waals surface area contributed by atoms with E-state index in [9.17, 15) is 4.91 Å². The van der Waals surface area contributed by atoms with E-state index in [1.165, 1.54) is 0 Å². The molecule has 0 N–H and O–H groups in total. The minimum Gasteiger partial charge on any atom is -0.241 e. The number of rotatable bonds is 1. The maximum Gasteiger partial charge on any atom is 0.110 e. The Morgan fingerprint density at radius 3 is 2.77 bits per heavy atom. The summed E-state index contributed by atoms with van der Waals surface area (Å²) >= 11 is 3.26. The summed E-state index contributed by atoms with van der Waals surface area (Å²) in [5.41, 5.74) is 1.17. The first kappa shape index (κ1) is 8.31. The molecular weight excluding hydrogens is 232 g/mol. The average molecular weight is 237 g/mol. The van der Waals surface area contributed by atoms with E-state index in [0.29, 0.717) is 5.69 Å². The molecule has 0 spiro atoms. The van der Waals surface area contributed by atoms with Gasteiger partial charge in [-0.15, -0.1) is 4.91 Å². The Labute approximate surface area is 82.9 Å². The molecule has 13 heavy (non-hydrogen) atoms. The van der Waals surface area contributed by atoms with Crippen LogP contribution >= 0.6 is 15.9 Å². The first-order chi connectivity index (χ1) is 6.29. The van der Waals surface area contributed by atoms with Crippen molar-refractivity contribution in [2.45, 2.75) is 0 Å². The van der Waals surface area contributed by atoms with Gasteiger partial charge in [-0.1, -0.05) is 12.1 Å². The van der Waals surface area contributed by atoms with Gasteiger partial charge in [0.05, 0.1) is 5.52 Å². The van der Waals surface area contributed by atoms with Gasteiger partial charge in [-0.3, -0.25) is 0 Å². The van der Waals surface area contributed by atoms with Crippen molar-refractivity contribution in [3.63, 3.8) is 0 Å². The Hall–Kier alpha value is -1.29. The minimum absolute atomic E-state index is 0.401. The van der Waals surface area contributed by atoms with Crippen LogP contribution in [0, 0.1) is 4.91 Å². The summed E-state index contributed by atoms with van der Waals surface area (Å²) in [7, 11) is 0. The maximum absolute atomic E-state index is 10.2. The Balaban J connectivity index is 2.74. The Kier molecular flexibility index (Phi) is 2.06. The van der Waals surface area contributed by atoms with Crippen LogP contribution in [-0.4, -0.2) is 4.98 Å². The topological polar surface area (TPSA) is 42.3 Å². The standard InChI is InChI=1S/C9H5BrN2O/c10-9-4-2-6-1-3-7(12-13)5-8(6)11-9/h1-5H.